The molecule has 0 saturated heterocycles. The minimum absolute atomic E-state index is 0.322. The molecular weight excluding hydrogens is 334 g/mol. The van der Waals surface area contributed by atoms with Gasteiger partial charge in [-0.2, -0.15) is 11.8 Å². The number of carbonyl (C=O) groups is 2. The standard InChI is InChI=1S/C15H23N3O3S2/c1-9(2)23-8-7-11(16)13(19)15(21)18-17-14(20)10-5-3-4-6-12(10)22/h3-6,9,11,13,19,22H,7-8,16H2,1-2H3,(H,17,20)(H,18,21)/t11-,13?/m1/s1. The monoisotopic (exact) mass is 357 g/mol. The molecule has 23 heavy (non-hydrogen) atoms. The van der Waals surface area contributed by atoms with Crippen LogP contribution in [-0.4, -0.2) is 40.1 Å². The number of hydrogen-bond acceptors (Lipinski definition) is 6. The first-order valence-corrected chi connectivity index (χ1v) is 8.76. The molecule has 0 aliphatic carbocycles. The van der Waals surface area contributed by atoms with Crippen molar-refractivity contribution in [3.8, 4) is 0 Å². The number of benzene rings is 1. The third-order valence-electron chi connectivity index (χ3n) is 3.02. The van der Waals surface area contributed by atoms with Gasteiger partial charge in [0, 0.05) is 10.9 Å². The molecule has 128 valence electrons. The summed E-state index contributed by atoms with van der Waals surface area (Å²) >= 11 is 5.87. The van der Waals surface area contributed by atoms with Gasteiger partial charge in [0.1, 0.15) is 6.10 Å². The highest BCUT2D eigenvalue weighted by Gasteiger charge is 2.23. The van der Waals surface area contributed by atoms with Crippen LogP contribution in [0.2, 0.25) is 0 Å². The molecule has 6 nitrogen and oxygen atoms in total. The van der Waals surface area contributed by atoms with Crippen molar-refractivity contribution in [3.05, 3.63) is 29.8 Å². The lowest BCUT2D eigenvalue weighted by Crippen LogP contribution is -2.52. The summed E-state index contributed by atoms with van der Waals surface area (Å²) in [7, 11) is 0. The van der Waals surface area contributed by atoms with Gasteiger partial charge in [-0.25, -0.2) is 0 Å². The number of hydrogen-bond donors (Lipinski definition) is 5. The van der Waals surface area contributed by atoms with Crippen LogP contribution in [0.3, 0.4) is 0 Å². The fraction of sp³-hybridized carbons (Fsp3) is 0.467. The van der Waals surface area contributed by atoms with Crippen LogP contribution in [0, 0.1) is 0 Å². The van der Waals surface area contributed by atoms with E-state index in [2.05, 4.69) is 37.3 Å². The first-order chi connectivity index (χ1) is 10.8. The minimum atomic E-state index is -1.38. The Morgan fingerprint density at radius 1 is 1.30 bits per heavy atom. The molecule has 5 N–H and O–H groups in total. The maximum absolute atomic E-state index is 11.9. The van der Waals surface area contributed by atoms with Crippen LogP contribution in [-0.2, 0) is 4.79 Å². The number of nitrogens with two attached hydrogens (primary N) is 1. The second-order valence-electron chi connectivity index (χ2n) is 5.28. The van der Waals surface area contributed by atoms with Crippen molar-refractivity contribution in [1.82, 2.24) is 10.9 Å². The van der Waals surface area contributed by atoms with Gasteiger partial charge in [-0.15, -0.1) is 12.6 Å². The average Bonchev–Trinajstić information content (AvgIpc) is 2.51. The molecular formula is C15H23N3O3S2. The molecule has 0 bridgehead atoms. The predicted molar refractivity (Wildman–Crippen MR) is 95.5 cm³/mol. The quantitative estimate of drug-likeness (QED) is 0.369. The lowest BCUT2D eigenvalue weighted by molar-refractivity contribution is -0.131. The van der Waals surface area contributed by atoms with Crippen molar-refractivity contribution >= 4 is 36.2 Å². The van der Waals surface area contributed by atoms with Crippen molar-refractivity contribution in [3.63, 3.8) is 0 Å². The zero-order valence-electron chi connectivity index (χ0n) is 13.2. The van der Waals surface area contributed by atoms with Crippen molar-refractivity contribution in [2.75, 3.05) is 5.75 Å². The number of nitrogens with one attached hydrogen (secondary N) is 2. The molecule has 2 atom stereocenters. The van der Waals surface area contributed by atoms with E-state index in [4.69, 9.17) is 5.73 Å². The van der Waals surface area contributed by atoms with Gasteiger partial charge in [-0.1, -0.05) is 26.0 Å². The lowest BCUT2D eigenvalue weighted by atomic mass is 10.1. The predicted octanol–water partition coefficient (Wildman–Crippen LogP) is 0.956. The van der Waals surface area contributed by atoms with E-state index in [1.165, 1.54) is 0 Å². The second kappa shape index (κ2) is 9.82. The Kier molecular flexibility index (Phi) is 8.46. The Bertz CT molecular complexity index is 540. The van der Waals surface area contributed by atoms with E-state index < -0.39 is 24.0 Å². The third-order valence-corrected chi connectivity index (χ3v) is 4.55. The number of rotatable bonds is 7. The maximum atomic E-state index is 11.9. The normalized spacial score (nSPS) is 13.5. The Morgan fingerprint density at radius 2 is 1.96 bits per heavy atom. The summed E-state index contributed by atoms with van der Waals surface area (Å²) in [5.74, 6) is -0.500. The molecule has 0 radical (unpaired) electrons. The SMILES string of the molecule is CC(C)SCC[C@@H](N)C(O)C(=O)NNC(=O)c1ccccc1S. The van der Waals surface area contributed by atoms with E-state index in [-0.39, 0.29) is 0 Å². The van der Waals surface area contributed by atoms with Crippen LogP contribution in [0.15, 0.2) is 29.2 Å². The van der Waals surface area contributed by atoms with Crippen LogP contribution in [0.1, 0.15) is 30.6 Å². The van der Waals surface area contributed by atoms with Crippen LogP contribution in [0.4, 0.5) is 0 Å². The number of thioether (sulfide) groups is 1. The molecule has 1 aromatic carbocycles. The third kappa shape index (κ3) is 6.82. The molecule has 8 heteroatoms. The maximum Gasteiger partial charge on any atom is 0.270 e. The molecule has 1 unspecified atom stereocenters. The van der Waals surface area contributed by atoms with E-state index in [9.17, 15) is 14.7 Å². The lowest BCUT2D eigenvalue weighted by Gasteiger charge is -2.19. The number of carbonyl (C=O) groups excluding carboxylic acids is 2. The molecule has 0 aliphatic heterocycles. The molecule has 0 spiro atoms. The van der Waals surface area contributed by atoms with Gasteiger partial charge in [0.25, 0.3) is 11.8 Å². The molecule has 0 aromatic heterocycles. The van der Waals surface area contributed by atoms with Gasteiger partial charge < -0.3 is 10.8 Å². The highest BCUT2D eigenvalue weighted by Crippen LogP contribution is 2.13. The summed E-state index contributed by atoms with van der Waals surface area (Å²) < 4.78 is 0. The molecule has 0 aliphatic rings. The van der Waals surface area contributed by atoms with Crippen molar-refractivity contribution < 1.29 is 14.7 Å². The van der Waals surface area contributed by atoms with Crippen molar-refractivity contribution in [2.45, 2.75) is 42.6 Å². The van der Waals surface area contributed by atoms with Crippen molar-refractivity contribution in [1.29, 1.82) is 0 Å². The first-order valence-electron chi connectivity index (χ1n) is 7.26. The number of aliphatic hydroxyl groups is 1. The smallest absolute Gasteiger partial charge is 0.270 e. The largest absolute Gasteiger partial charge is 0.382 e. The summed E-state index contributed by atoms with van der Waals surface area (Å²) in [4.78, 5) is 24.2. The Labute approximate surface area is 146 Å². The zero-order valence-corrected chi connectivity index (χ0v) is 14.9. The fourth-order valence-corrected chi connectivity index (χ4v) is 2.86. The Morgan fingerprint density at radius 3 is 2.57 bits per heavy atom. The Hall–Kier alpha value is -1.22. The molecule has 0 fully saturated rings. The van der Waals surface area contributed by atoms with Gasteiger partial charge in [-0.3, -0.25) is 20.4 Å². The molecule has 2 amide bonds. The number of hydrazine groups is 1. The van der Waals surface area contributed by atoms with Crippen LogP contribution in [0.5, 0.6) is 0 Å². The van der Waals surface area contributed by atoms with E-state index in [1.807, 2.05) is 0 Å². The summed E-state index contributed by atoms with van der Waals surface area (Å²) in [6.07, 6.45) is -0.875. The second-order valence-corrected chi connectivity index (χ2v) is 7.44. The van der Waals surface area contributed by atoms with Gasteiger partial charge in [-0.05, 0) is 29.6 Å². The fourth-order valence-electron chi connectivity index (χ4n) is 1.72. The molecule has 0 heterocycles. The van der Waals surface area contributed by atoms with E-state index in [0.29, 0.717) is 22.1 Å². The molecule has 0 saturated carbocycles. The van der Waals surface area contributed by atoms with Gasteiger partial charge >= 0.3 is 0 Å². The summed E-state index contributed by atoms with van der Waals surface area (Å²) in [5.41, 5.74) is 10.5. The van der Waals surface area contributed by atoms with Crippen molar-refractivity contribution in [2.24, 2.45) is 5.73 Å². The molecule has 1 rings (SSSR count). The summed E-state index contributed by atoms with van der Waals surface area (Å²) in [6.45, 7) is 4.13. The van der Waals surface area contributed by atoms with E-state index in [0.717, 1.165) is 5.75 Å². The van der Waals surface area contributed by atoms with Gasteiger partial charge in [0.15, 0.2) is 0 Å². The van der Waals surface area contributed by atoms with Gasteiger partial charge in [0.05, 0.1) is 5.56 Å². The highest BCUT2D eigenvalue weighted by atomic mass is 32.2. The number of amides is 2. The highest BCUT2D eigenvalue weighted by molar-refractivity contribution is 7.99. The van der Waals surface area contributed by atoms with Crippen LogP contribution < -0.4 is 16.6 Å². The van der Waals surface area contributed by atoms with E-state index in [1.54, 1.807) is 36.0 Å². The Balaban J connectivity index is 2.43. The first kappa shape index (κ1) is 19.8. The minimum Gasteiger partial charge on any atom is -0.382 e. The van der Waals surface area contributed by atoms with E-state index >= 15 is 0 Å². The summed E-state index contributed by atoms with van der Waals surface area (Å²) in [6, 6.07) is 5.99. The van der Waals surface area contributed by atoms with Crippen LogP contribution in [0.25, 0.3) is 0 Å². The summed E-state index contributed by atoms with van der Waals surface area (Å²) in [5, 5.41) is 10.3. The average molecular weight is 358 g/mol. The van der Waals surface area contributed by atoms with Crippen LogP contribution >= 0.6 is 24.4 Å². The topological polar surface area (TPSA) is 104 Å². The molecule has 1 aromatic rings. The zero-order chi connectivity index (χ0) is 17.4. The number of thiol groups is 1. The number of aliphatic hydroxyl groups excluding tert-OH is 1. The van der Waals surface area contributed by atoms with Gasteiger partial charge in [0.2, 0.25) is 0 Å².